The number of aliphatic hydroxyl groups excluding tert-OH is 1. The Balaban J connectivity index is 2.96. The SMILES string of the molecule is Cc1cccc(F)c1C[C@H](C)O. The minimum Gasteiger partial charge on any atom is -0.393 e. The van der Waals surface area contributed by atoms with Crippen molar-refractivity contribution in [2.45, 2.75) is 26.4 Å². The zero-order valence-corrected chi connectivity index (χ0v) is 7.34. The van der Waals surface area contributed by atoms with Crippen molar-refractivity contribution in [3.8, 4) is 0 Å². The van der Waals surface area contributed by atoms with Crippen LogP contribution in [-0.4, -0.2) is 11.2 Å². The highest BCUT2D eigenvalue weighted by atomic mass is 19.1. The van der Waals surface area contributed by atoms with E-state index >= 15 is 0 Å². The summed E-state index contributed by atoms with van der Waals surface area (Å²) in [6.07, 6.45) is -0.0981. The van der Waals surface area contributed by atoms with Crippen LogP contribution in [0.5, 0.6) is 0 Å². The maximum Gasteiger partial charge on any atom is 0.126 e. The molecule has 1 rings (SSSR count). The van der Waals surface area contributed by atoms with Gasteiger partial charge in [-0.3, -0.25) is 0 Å². The van der Waals surface area contributed by atoms with Gasteiger partial charge in [0.15, 0.2) is 0 Å². The first-order valence-electron chi connectivity index (χ1n) is 4.03. The van der Waals surface area contributed by atoms with Crippen molar-refractivity contribution in [2.75, 3.05) is 0 Å². The molecule has 0 saturated carbocycles. The Labute approximate surface area is 71.9 Å². The molecule has 2 heteroatoms. The molecular formula is C10H13FO. The molecule has 0 spiro atoms. The van der Waals surface area contributed by atoms with Gasteiger partial charge >= 0.3 is 0 Å². The zero-order valence-electron chi connectivity index (χ0n) is 7.34. The van der Waals surface area contributed by atoms with Gasteiger partial charge in [-0.1, -0.05) is 12.1 Å². The Bertz CT molecular complexity index is 248. The maximum atomic E-state index is 13.1. The molecule has 66 valence electrons. The van der Waals surface area contributed by atoms with Crippen LogP contribution in [0.4, 0.5) is 4.39 Å². The summed E-state index contributed by atoms with van der Waals surface area (Å²) < 4.78 is 13.1. The molecule has 0 heterocycles. The van der Waals surface area contributed by atoms with E-state index in [0.717, 1.165) is 5.56 Å². The molecule has 1 aromatic carbocycles. The van der Waals surface area contributed by atoms with E-state index < -0.39 is 6.10 Å². The van der Waals surface area contributed by atoms with Crippen LogP contribution in [0.1, 0.15) is 18.1 Å². The first kappa shape index (κ1) is 9.20. The van der Waals surface area contributed by atoms with E-state index in [1.54, 1.807) is 13.0 Å². The van der Waals surface area contributed by atoms with Crippen molar-refractivity contribution in [2.24, 2.45) is 0 Å². The molecule has 0 radical (unpaired) electrons. The summed E-state index contributed by atoms with van der Waals surface area (Å²) in [6.45, 7) is 3.51. The lowest BCUT2D eigenvalue weighted by atomic mass is 10.0. The Morgan fingerprint density at radius 3 is 2.67 bits per heavy atom. The second-order valence-corrected chi connectivity index (χ2v) is 3.09. The molecule has 0 aromatic heterocycles. The summed E-state index contributed by atoms with van der Waals surface area (Å²) in [7, 11) is 0. The predicted octanol–water partition coefficient (Wildman–Crippen LogP) is 2.06. The lowest BCUT2D eigenvalue weighted by Crippen LogP contribution is -2.07. The first-order valence-corrected chi connectivity index (χ1v) is 4.03. The number of aryl methyl sites for hydroxylation is 1. The summed E-state index contributed by atoms with van der Waals surface area (Å²) in [5, 5.41) is 9.09. The van der Waals surface area contributed by atoms with Gasteiger partial charge in [0, 0.05) is 6.42 Å². The Hall–Kier alpha value is -0.890. The highest BCUT2D eigenvalue weighted by molar-refractivity contribution is 5.27. The number of aliphatic hydroxyl groups is 1. The van der Waals surface area contributed by atoms with Crippen molar-refractivity contribution in [3.05, 3.63) is 35.1 Å². The topological polar surface area (TPSA) is 20.2 Å². The van der Waals surface area contributed by atoms with Crippen LogP contribution < -0.4 is 0 Å². The van der Waals surface area contributed by atoms with Gasteiger partial charge in [0.2, 0.25) is 0 Å². The van der Waals surface area contributed by atoms with Gasteiger partial charge in [0.25, 0.3) is 0 Å². The van der Waals surface area contributed by atoms with Gasteiger partial charge < -0.3 is 5.11 Å². The van der Waals surface area contributed by atoms with Gasteiger partial charge in [-0.2, -0.15) is 0 Å². The summed E-state index contributed by atoms with van der Waals surface area (Å²) >= 11 is 0. The van der Waals surface area contributed by atoms with E-state index in [2.05, 4.69) is 0 Å². The van der Waals surface area contributed by atoms with Crippen molar-refractivity contribution in [3.63, 3.8) is 0 Å². The third kappa shape index (κ3) is 2.05. The Morgan fingerprint density at radius 2 is 2.17 bits per heavy atom. The molecule has 0 fully saturated rings. The molecule has 0 amide bonds. The number of hydrogen-bond donors (Lipinski definition) is 1. The molecular weight excluding hydrogens is 155 g/mol. The molecule has 1 atom stereocenters. The molecule has 12 heavy (non-hydrogen) atoms. The van der Waals surface area contributed by atoms with Crippen LogP contribution in [0.15, 0.2) is 18.2 Å². The summed E-state index contributed by atoms with van der Waals surface area (Å²) in [5.41, 5.74) is 1.52. The van der Waals surface area contributed by atoms with Crippen molar-refractivity contribution in [1.29, 1.82) is 0 Å². The van der Waals surface area contributed by atoms with Crippen molar-refractivity contribution in [1.82, 2.24) is 0 Å². The van der Waals surface area contributed by atoms with Crippen LogP contribution in [0.2, 0.25) is 0 Å². The van der Waals surface area contributed by atoms with E-state index in [1.807, 2.05) is 13.0 Å². The second kappa shape index (κ2) is 3.68. The lowest BCUT2D eigenvalue weighted by Gasteiger charge is -2.08. The molecule has 0 bridgehead atoms. The zero-order chi connectivity index (χ0) is 9.14. The lowest BCUT2D eigenvalue weighted by molar-refractivity contribution is 0.194. The largest absolute Gasteiger partial charge is 0.393 e. The third-order valence-electron chi connectivity index (χ3n) is 1.85. The molecule has 0 aliphatic rings. The monoisotopic (exact) mass is 168 g/mol. The smallest absolute Gasteiger partial charge is 0.126 e. The summed E-state index contributed by atoms with van der Waals surface area (Å²) in [6, 6.07) is 4.95. The second-order valence-electron chi connectivity index (χ2n) is 3.09. The van der Waals surface area contributed by atoms with Crippen LogP contribution in [-0.2, 0) is 6.42 Å². The van der Waals surface area contributed by atoms with Gasteiger partial charge in [0.05, 0.1) is 6.10 Å². The van der Waals surface area contributed by atoms with Gasteiger partial charge in [-0.25, -0.2) is 4.39 Å². The first-order chi connectivity index (χ1) is 5.61. The fourth-order valence-electron chi connectivity index (χ4n) is 1.22. The molecule has 0 saturated heterocycles. The minimum atomic E-state index is -0.486. The van der Waals surface area contributed by atoms with Crippen molar-refractivity contribution >= 4 is 0 Å². The van der Waals surface area contributed by atoms with Gasteiger partial charge in [-0.15, -0.1) is 0 Å². The quantitative estimate of drug-likeness (QED) is 0.716. The van der Waals surface area contributed by atoms with E-state index in [1.165, 1.54) is 6.07 Å². The Morgan fingerprint density at radius 1 is 1.50 bits per heavy atom. The summed E-state index contributed by atoms with van der Waals surface area (Å²) in [4.78, 5) is 0. The molecule has 1 N–H and O–H groups in total. The number of halogens is 1. The Kier molecular flexibility index (Phi) is 2.82. The minimum absolute atomic E-state index is 0.226. The molecule has 0 unspecified atom stereocenters. The highest BCUT2D eigenvalue weighted by Gasteiger charge is 2.07. The number of benzene rings is 1. The van der Waals surface area contributed by atoms with Crippen LogP contribution >= 0.6 is 0 Å². The van der Waals surface area contributed by atoms with Crippen LogP contribution in [0, 0.1) is 12.7 Å². The van der Waals surface area contributed by atoms with Crippen LogP contribution in [0.25, 0.3) is 0 Å². The molecule has 0 aliphatic carbocycles. The van der Waals surface area contributed by atoms with Gasteiger partial charge in [-0.05, 0) is 31.0 Å². The maximum absolute atomic E-state index is 13.1. The average Bonchev–Trinajstić information content (AvgIpc) is 1.97. The summed E-state index contributed by atoms with van der Waals surface area (Å²) in [5.74, 6) is -0.226. The molecule has 1 nitrogen and oxygen atoms in total. The number of rotatable bonds is 2. The standard InChI is InChI=1S/C10H13FO/c1-7-4-3-5-10(11)9(7)6-8(2)12/h3-5,8,12H,6H2,1-2H3/t8-/m0/s1. The van der Waals surface area contributed by atoms with E-state index in [9.17, 15) is 4.39 Å². The van der Waals surface area contributed by atoms with E-state index in [0.29, 0.717) is 12.0 Å². The van der Waals surface area contributed by atoms with Crippen LogP contribution in [0.3, 0.4) is 0 Å². The fourth-order valence-corrected chi connectivity index (χ4v) is 1.22. The normalized spacial score (nSPS) is 13.0. The fraction of sp³-hybridized carbons (Fsp3) is 0.400. The predicted molar refractivity (Wildman–Crippen MR) is 46.5 cm³/mol. The highest BCUT2D eigenvalue weighted by Crippen LogP contribution is 2.14. The molecule has 0 aliphatic heterocycles. The average molecular weight is 168 g/mol. The van der Waals surface area contributed by atoms with E-state index in [-0.39, 0.29) is 5.82 Å². The number of hydrogen-bond acceptors (Lipinski definition) is 1. The third-order valence-corrected chi connectivity index (χ3v) is 1.85. The van der Waals surface area contributed by atoms with Crippen molar-refractivity contribution < 1.29 is 9.50 Å². The van der Waals surface area contributed by atoms with E-state index in [4.69, 9.17) is 5.11 Å². The van der Waals surface area contributed by atoms with Gasteiger partial charge in [0.1, 0.15) is 5.82 Å². The molecule has 1 aromatic rings.